The van der Waals surface area contributed by atoms with Crippen molar-refractivity contribution >= 4 is 65.6 Å². The van der Waals surface area contributed by atoms with Gasteiger partial charge in [0.1, 0.15) is 22.3 Å². The van der Waals surface area contributed by atoms with Gasteiger partial charge in [-0.2, -0.15) is 0 Å². The second-order valence-corrected chi connectivity index (χ2v) is 14.7. The molecule has 0 aliphatic rings. The largest absolute Gasteiger partial charge is 0.456 e. The Morgan fingerprint density at radius 2 is 0.948 bits per heavy atom. The molecule has 12 rings (SSSR count). The van der Waals surface area contributed by atoms with E-state index in [4.69, 9.17) is 23.8 Å². The summed E-state index contributed by atoms with van der Waals surface area (Å²) in [5.41, 5.74) is 13.1. The summed E-state index contributed by atoms with van der Waals surface area (Å²) < 4.78 is 12.8. The number of aromatic nitrogens is 3. The normalized spacial score (nSPS) is 11.8. The highest BCUT2D eigenvalue weighted by Crippen LogP contribution is 2.42. The number of hydrogen-bond donors (Lipinski definition) is 0. The molecule has 0 aliphatic heterocycles. The van der Waals surface area contributed by atoms with Crippen LogP contribution in [0.3, 0.4) is 0 Å². The van der Waals surface area contributed by atoms with E-state index in [1.807, 2.05) is 60.7 Å². The lowest BCUT2D eigenvalue weighted by atomic mass is 9.94. The summed E-state index contributed by atoms with van der Waals surface area (Å²) in [6.07, 6.45) is 0. The van der Waals surface area contributed by atoms with Crippen molar-refractivity contribution in [2.75, 3.05) is 0 Å². The summed E-state index contributed by atoms with van der Waals surface area (Å²) in [4.78, 5) is 15.6. The van der Waals surface area contributed by atoms with Gasteiger partial charge < -0.3 is 8.83 Å². The second-order valence-electron chi connectivity index (χ2n) is 14.7. The first-order valence-electron chi connectivity index (χ1n) is 19.4. The van der Waals surface area contributed by atoms with Crippen LogP contribution >= 0.6 is 0 Å². The van der Waals surface area contributed by atoms with E-state index in [1.165, 1.54) is 0 Å². The molecule has 0 aliphatic carbocycles. The first kappa shape index (κ1) is 32.4. The van der Waals surface area contributed by atoms with E-state index in [-0.39, 0.29) is 0 Å². The maximum absolute atomic E-state index is 6.43. The van der Waals surface area contributed by atoms with Crippen LogP contribution in [-0.2, 0) is 0 Å². The molecule has 0 saturated heterocycles. The Labute approximate surface area is 332 Å². The van der Waals surface area contributed by atoms with Crippen molar-refractivity contribution in [3.05, 3.63) is 188 Å². The smallest absolute Gasteiger partial charge is 0.164 e. The van der Waals surface area contributed by atoms with Gasteiger partial charge in [0.25, 0.3) is 0 Å². The Hall–Kier alpha value is -7.89. The molecule has 8 aromatic carbocycles. The zero-order chi connectivity index (χ0) is 38.2. The fourth-order valence-electron chi connectivity index (χ4n) is 8.53. The molecule has 0 unspecified atom stereocenters. The van der Waals surface area contributed by atoms with E-state index in [1.54, 1.807) is 0 Å². The molecule has 0 fully saturated rings. The van der Waals surface area contributed by atoms with Gasteiger partial charge in [0.2, 0.25) is 0 Å². The zero-order valence-corrected chi connectivity index (χ0v) is 31.1. The first-order chi connectivity index (χ1) is 28.7. The van der Waals surface area contributed by atoms with Crippen LogP contribution in [-0.4, -0.2) is 15.0 Å². The topological polar surface area (TPSA) is 65.0 Å². The second kappa shape index (κ2) is 12.8. The highest BCUT2D eigenvalue weighted by atomic mass is 16.3. The lowest BCUT2D eigenvalue weighted by molar-refractivity contribution is 0.669. The molecule has 12 aromatic rings. The number of fused-ring (bicyclic) bond motifs is 10. The molecule has 0 atom stereocenters. The average Bonchev–Trinajstić information content (AvgIpc) is 3.88. The molecule has 0 bridgehead atoms. The van der Waals surface area contributed by atoms with E-state index in [2.05, 4.69) is 127 Å². The van der Waals surface area contributed by atoms with Crippen LogP contribution in [0.25, 0.3) is 122 Å². The number of nitrogens with zero attached hydrogens (tertiary/aromatic N) is 3. The van der Waals surface area contributed by atoms with Gasteiger partial charge in [-0.3, -0.25) is 0 Å². The third-order valence-electron chi connectivity index (χ3n) is 11.3. The van der Waals surface area contributed by atoms with E-state index < -0.39 is 0 Å². The average molecular weight is 742 g/mol. The standard InChI is InChI=1S/C53H31N3O2/c1-3-12-33(13-4-1)44-31-45(56-53(55-44)41-19-11-18-38-37-16-7-9-20-46(37)58-52(38)41)34-24-22-32(23-25-34)36-26-28-43-42(30-36)49-40(51(54-43)35-14-5-2-6-15-35)27-29-48-50(49)39-17-8-10-21-47(39)57-48/h1-31H. The Balaban J connectivity index is 1.01. The molecule has 4 aromatic heterocycles. The quantitative estimate of drug-likeness (QED) is 0.164. The van der Waals surface area contributed by atoms with Crippen LogP contribution in [0.5, 0.6) is 0 Å². The molecule has 270 valence electrons. The lowest BCUT2D eigenvalue weighted by Gasteiger charge is -2.13. The van der Waals surface area contributed by atoms with Gasteiger partial charge in [-0.05, 0) is 59.7 Å². The van der Waals surface area contributed by atoms with E-state index in [9.17, 15) is 0 Å². The summed E-state index contributed by atoms with van der Waals surface area (Å²) in [6.45, 7) is 0. The van der Waals surface area contributed by atoms with Crippen molar-refractivity contribution < 1.29 is 8.83 Å². The Morgan fingerprint density at radius 1 is 0.328 bits per heavy atom. The predicted molar refractivity (Wildman–Crippen MR) is 237 cm³/mol. The van der Waals surface area contributed by atoms with Crippen LogP contribution in [0.2, 0.25) is 0 Å². The molecular weight excluding hydrogens is 711 g/mol. The van der Waals surface area contributed by atoms with Gasteiger partial charge in [0.05, 0.1) is 28.2 Å². The minimum absolute atomic E-state index is 0.618. The minimum atomic E-state index is 0.618. The molecule has 0 amide bonds. The van der Waals surface area contributed by atoms with Crippen LogP contribution in [0, 0.1) is 0 Å². The fraction of sp³-hybridized carbons (Fsp3) is 0. The third-order valence-corrected chi connectivity index (χ3v) is 11.3. The Bertz CT molecular complexity index is 3550. The predicted octanol–water partition coefficient (Wildman–Crippen LogP) is 14.3. The van der Waals surface area contributed by atoms with Crippen LogP contribution < -0.4 is 0 Å². The molecule has 0 spiro atoms. The Kier molecular flexibility index (Phi) is 7.16. The number of benzene rings is 8. The van der Waals surface area contributed by atoms with Gasteiger partial charge in [-0.1, -0.05) is 140 Å². The van der Waals surface area contributed by atoms with Crippen LogP contribution in [0.1, 0.15) is 0 Å². The maximum atomic E-state index is 6.43. The van der Waals surface area contributed by atoms with Crippen molar-refractivity contribution in [1.82, 2.24) is 15.0 Å². The SMILES string of the molecule is c1ccc(-c2cc(-c3ccc(-c4ccc5nc(-c6ccccc6)c6ccc7oc8ccccc8c7c6c5c4)cc3)nc(-c3cccc4c3oc3ccccc34)n2)cc1. The van der Waals surface area contributed by atoms with Crippen molar-refractivity contribution in [1.29, 1.82) is 0 Å². The highest BCUT2D eigenvalue weighted by Gasteiger charge is 2.19. The molecule has 4 heterocycles. The molecular formula is C53H31N3O2. The van der Waals surface area contributed by atoms with E-state index in [0.29, 0.717) is 5.82 Å². The number of rotatable bonds is 5. The zero-order valence-electron chi connectivity index (χ0n) is 31.1. The molecule has 0 N–H and O–H groups in total. The van der Waals surface area contributed by atoms with Crippen molar-refractivity contribution in [3.8, 4) is 56.3 Å². The third kappa shape index (κ3) is 5.14. The van der Waals surface area contributed by atoms with Crippen molar-refractivity contribution in [2.45, 2.75) is 0 Å². The molecule has 5 heteroatoms. The van der Waals surface area contributed by atoms with Crippen LogP contribution in [0.15, 0.2) is 197 Å². The molecule has 0 saturated carbocycles. The molecule has 5 nitrogen and oxygen atoms in total. The van der Waals surface area contributed by atoms with Gasteiger partial charge in [0.15, 0.2) is 5.82 Å². The molecule has 58 heavy (non-hydrogen) atoms. The first-order valence-corrected chi connectivity index (χ1v) is 19.4. The van der Waals surface area contributed by atoms with Crippen molar-refractivity contribution in [2.24, 2.45) is 0 Å². The summed E-state index contributed by atoms with van der Waals surface area (Å²) in [5.74, 6) is 0.618. The summed E-state index contributed by atoms with van der Waals surface area (Å²) in [6, 6.07) is 64.9. The highest BCUT2D eigenvalue weighted by molar-refractivity contribution is 6.28. The number of furan rings is 2. The summed E-state index contributed by atoms with van der Waals surface area (Å²) in [7, 11) is 0. The number of para-hydroxylation sites is 3. The van der Waals surface area contributed by atoms with Crippen molar-refractivity contribution in [3.63, 3.8) is 0 Å². The van der Waals surface area contributed by atoms with E-state index >= 15 is 0 Å². The van der Waals surface area contributed by atoms with Gasteiger partial charge in [0, 0.05) is 54.4 Å². The Morgan fingerprint density at radius 3 is 1.72 bits per heavy atom. The number of hydrogen-bond acceptors (Lipinski definition) is 5. The fourth-order valence-corrected chi connectivity index (χ4v) is 8.53. The van der Waals surface area contributed by atoms with Gasteiger partial charge in [-0.25, -0.2) is 15.0 Å². The van der Waals surface area contributed by atoms with Crippen LogP contribution in [0.4, 0.5) is 0 Å². The summed E-state index contributed by atoms with van der Waals surface area (Å²) >= 11 is 0. The molecule has 0 radical (unpaired) electrons. The minimum Gasteiger partial charge on any atom is -0.456 e. The van der Waals surface area contributed by atoms with Gasteiger partial charge in [-0.15, -0.1) is 0 Å². The number of pyridine rings is 1. The van der Waals surface area contributed by atoms with E-state index in [0.717, 1.165) is 116 Å². The monoisotopic (exact) mass is 741 g/mol. The van der Waals surface area contributed by atoms with Gasteiger partial charge >= 0.3 is 0 Å². The summed E-state index contributed by atoms with van der Waals surface area (Å²) in [5, 5.41) is 7.65. The maximum Gasteiger partial charge on any atom is 0.164 e. The lowest BCUT2D eigenvalue weighted by Crippen LogP contribution is -1.96.